The second-order valence-electron chi connectivity index (χ2n) is 6.10. The molecule has 1 aliphatic rings. The van der Waals surface area contributed by atoms with Gasteiger partial charge in [-0.1, -0.05) is 18.2 Å². The molecule has 1 aromatic carbocycles. The lowest BCUT2D eigenvalue weighted by molar-refractivity contribution is 0.240. The fourth-order valence-corrected chi connectivity index (χ4v) is 3.78. The van der Waals surface area contributed by atoms with E-state index in [-0.39, 0.29) is 12.1 Å². The highest BCUT2D eigenvalue weighted by atomic mass is 32.1. The number of amides is 2. The number of aromatic nitrogens is 1. The lowest BCUT2D eigenvalue weighted by atomic mass is 10.2. The molecule has 0 saturated carbocycles. The molecular weight excluding hydrogens is 336 g/mol. The number of para-hydroxylation sites is 2. The number of hydrogen-bond donors (Lipinski definition) is 2. The van der Waals surface area contributed by atoms with Gasteiger partial charge in [-0.25, -0.2) is 4.79 Å². The first kappa shape index (κ1) is 16.0. The second kappa shape index (κ2) is 7.14. The van der Waals surface area contributed by atoms with Crippen LogP contribution < -0.4 is 15.5 Å². The Morgan fingerprint density at radius 1 is 1.28 bits per heavy atom. The fourth-order valence-electron chi connectivity index (χ4n) is 3.14. The van der Waals surface area contributed by atoms with Crippen LogP contribution in [-0.4, -0.2) is 30.1 Å². The highest BCUT2D eigenvalue weighted by Crippen LogP contribution is 2.27. The monoisotopic (exact) mass is 356 g/mol. The van der Waals surface area contributed by atoms with Crippen molar-refractivity contribution in [1.82, 2.24) is 15.6 Å². The summed E-state index contributed by atoms with van der Waals surface area (Å²) >= 11 is 1.64. The van der Waals surface area contributed by atoms with E-state index in [2.05, 4.69) is 20.5 Å². The Kier molecular flexibility index (Phi) is 4.56. The number of fused-ring (bicyclic) bond motifs is 1. The van der Waals surface area contributed by atoms with E-state index in [1.807, 2.05) is 41.8 Å². The average Bonchev–Trinajstić information content (AvgIpc) is 3.37. The van der Waals surface area contributed by atoms with Crippen molar-refractivity contribution in [3.05, 3.63) is 46.7 Å². The van der Waals surface area contributed by atoms with Gasteiger partial charge in [-0.2, -0.15) is 4.98 Å². The minimum atomic E-state index is -0.141. The van der Waals surface area contributed by atoms with Crippen LogP contribution in [0.2, 0.25) is 0 Å². The number of carbonyl (C=O) groups is 1. The van der Waals surface area contributed by atoms with E-state index >= 15 is 0 Å². The second-order valence-corrected chi connectivity index (χ2v) is 7.13. The molecule has 1 atom stereocenters. The zero-order chi connectivity index (χ0) is 17.1. The van der Waals surface area contributed by atoms with Gasteiger partial charge in [0.15, 0.2) is 5.58 Å². The number of thiophene rings is 1. The summed E-state index contributed by atoms with van der Waals surface area (Å²) in [4.78, 5) is 19.9. The zero-order valence-electron chi connectivity index (χ0n) is 13.8. The first-order valence-electron chi connectivity index (χ1n) is 8.46. The third-order valence-corrected chi connectivity index (χ3v) is 5.28. The predicted molar refractivity (Wildman–Crippen MR) is 98.9 cm³/mol. The van der Waals surface area contributed by atoms with E-state index in [1.165, 1.54) is 0 Å². The van der Waals surface area contributed by atoms with Gasteiger partial charge in [-0.15, -0.1) is 11.3 Å². The van der Waals surface area contributed by atoms with E-state index < -0.39 is 0 Å². The van der Waals surface area contributed by atoms with Gasteiger partial charge in [-0.05, 0) is 36.4 Å². The van der Waals surface area contributed by atoms with Crippen LogP contribution in [0, 0.1) is 0 Å². The van der Waals surface area contributed by atoms with Gasteiger partial charge in [-0.3, -0.25) is 0 Å². The highest BCUT2D eigenvalue weighted by Gasteiger charge is 2.28. The molecule has 25 heavy (non-hydrogen) atoms. The Balaban J connectivity index is 1.34. The first-order valence-corrected chi connectivity index (χ1v) is 9.34. The highest BCUT2D eigenvalue weighted by molar-refractivity contribution is 7.09. The number of nitrogens with zero attached hydrogens (tertiary/aromatic N) is 2. The summed E-state index contributed by atoms with van der Waals surface area (Å²) in [5, 5.41) is 7.86. The molecule has 6 nitrogen and oxygen atoms in total. The Morgan fingerprint density at radius 3 is 3.04 bits per heavy atom. The molecule has 2 amide bonds. The molecule has 3 heterocycles. The summed E-state index contributed by atoms with van der Waals surface area (Å²) in [7, 11) is 0. The molecule has 130 valence electrons. The van der Waals surface area contributed by atoms with E-state index in [1.54, 1.807) is 11.3 Å². The Hall–Kier alpha value is -2.54. The van der Waals surface area contributed by atoms with Gasteiger partial charge in [0.25, 0.3) is 6.01 Å². The summed E-state index contributed by atoms with van der Waals surface area (Å²) in [5.41, 5.74) is 1.66. The van der Waals surface area contributed by atoms with E-state index in [0.717, 1.165) is 35.4 Å². The number of carbonyl (C=O) groups excluding carboxylic acids is 1. The minimum Gasteiger partial charge on any atom is -0.423 e. The summed E-state index contributed by atoms with van der Waals surface area (Å²) in [5.74, 6) is 0. The smallest absolute Gasteiger partial charge is 0.315 e. The van der Waals surface area contributed by atoms with E-state index in [9.17, 15) is 4.79 Å². The molecule has 7 heteroatoms. The maximum Gasteiger partial charge on any atom is 0.315 e. The van der Waals surface area contributed by atoms with Gasteiger partial charge >= 0.3 is 6.03 Å². The Labute approximate surface area is 149 Å². The number of rotatable bonds is 5. The van der Waals surface area contributed by atoms with Crippen LogP contribution >= 0.6 is 11.3 Å². The average molecular weight is 356 g/mol. The first-order chi connectivity index (χ1) is 12.3. The summed E-state index contributed by atoms with van der Waals surface area (Å²) < 4.78 is 5.87. The molecule has 2 N–H and O–H groups in total. The zero-order valence-corrected chi connectivity index (χ0v) is 14.6. The molecule has 2 aromatic heterocycles. The van der Waals surface area contributed by atoms with Gasteiger partial charge in [0.2, 0.25) is 0 Å². The largest absolute Gasteiger partial charge is 0.423 e. The summed E-state index contributed by atoms with van der Waals surface area (Å²) in [6, 6.07) is 12.5. The lowest BCUT2D eigenvalue weighted by Gasteiger charge is -2.23. The van der Waals surface area contributed by atoms with Crippen LogP contribution in [0.15, 0.2) is 46.2 Å². The van der Waals surface area contributed by atoms with Crippen molar-refractivity contribution in [2.24, 2.45) is 0 Å². The molecule has 3 aromatic rings. The Morgan fingerprint density at radius 2 is 2.20 bits per heavy atom. The molecule has 4 rings (SSSR count). The minimum absolute atomic E-state index is 0.141. The van der Waals surface area contributed by atoms with Crippen LogP contribution in [0.1, 0.15) is 17.7 Å². The maximum atomic E-state index is 12.0. The van der Waals surface area contributed by atoms with Crippen molar-refractivity contribution < 1.29 is 9.21 Å². The quantitative estimate of drug-likeness (QED) is 0.735. The number of nitrogens with one attached hydrogen (secondary N) is 2. The van der Waals surface area contributed by atoms with Gasteiger partial charge < -0.3 is 20.0 Å². The fraction of sp³-hybridized carbons (Fsp3) is 0.333. The van der Waals surface area contributed by atoms with Gasteiger partial charge in [0, 0.05) is 18.0 Å². The normalized spacial score (nSPS) is 17.1. The molecule has 0 aliphatic carbocycles. The summed E-state index contributed by atoms with van der Waals surface area (Å²) in [6.45, 7) is 2.04. The molecule has 0 spiro atoms. The molecule has 1 unspecified atom stereocenters. The van der Waals surface area contributed by atoms with Crippen LogP contribution in [0.25, 0.3) is 11.1 Å². The number of hydrogen-bond acceptors (Lipinski definition) is 5. The number of anilines is 1. The number of urea groups is 1. The van der Waals surface area contributed by atoms with Crippen molar-refractivity contribution in [1.29, 1.82) is 0 Å². The molecule has 0 bridgehead atoms. The van der Waals surface area contributed by atoms with Crippen molar-refractivity contribution in [2.75, 3.05) is 18.0 Å². The van der Waals surface area contributed by atoms with Crippen LogP contribution in [0.3, 0.4) is 0 Å². The topological polar surface area (TPSA) is 70.4 Å². The predicted octanol–water partition coefficient (Wildman–Crippen LogP) is 3.36. The van der Waals surface area contributed by atoms with Crippen molar-refractivity contribution >= 4 is 34.5 Å². The number of oxazole rings is 1. The van der Waals surface area contributed by atoms with Crippen LogP contribution in [-0.2, 0) is 6.54 Å². The Bertz CT molecular complexity index is 813. The van der Waals surface area contributed by atoms with E-state index in [0.29, 0.717) is 19.1 Å². The van der Waals surface area contributed by atoms with Crippen LogP contribution in [0.4, 0.5) is 10.8 Å². The third-order valence-electron chi connectivity index (χ3n) is 4.41. The number of benzene rings is 1. The summed E-state index contributed by atoms with van der Waals surface area (Å²) in [6.07, 6.45) is 2.09. The molecule has 0 radical (unpaired) electrons. The van der Waals surface area contributed by atoms with Crippen molar-refractivity contribution in [3.63, 3.8) is 0 Å². The van der Waals surface area contributed by atoms with Crippen molar-refractivity contribution in [2.45, 2.75) is 25.4 Å². The molecular formula is C18H20N4O2S. The maximum absolute atomic E-state index is 12.0. The standard InChI is InChI=1S/C18H20N4O2S/c23-17(20-12-14-6-4-10-25-14)19-11-13-5-3-9-22(13)18-21-15-7-1-2-8-16(15)24-18/h1-2,4,6-8,10,13H,3,5,9,11-12H2,(H2,19,20,23). The van der Waals surface area contributed by atoms with Gasteiger partial charge in [0.1, 0.15) is 5.52 Å². The molecule has 1 aliphatic heterocycles. The third kappa shape index (κ3) is 3.61. The molecule has 1 fully saturated rings. The van der Waals surface area contributed by atoms with Crippen molar-refractivity contribution in [3.8, 4) is 0 Å². The molecule has 1 saturated heterocycles. The van der Waals surface area contributed by atoms with E-state index in [4.69, 9.17) is 4.42 Å². The van der Waals surface area contributed by atoms with Gasteiger partial charge in [0.05, 0.1) is 12.6 Å². The SMILES string of the molecule is O=C(NCc1cccs1)NCC1CCCN1c1nc2ccccc2o1. The van der Waals surface area contributed by atoms with Crippen LogP contribution in [0.5, 0.6) is 0 Å². The lowest BCUT2D eigenvalue weighted by Crippen LogP contribution is -2.44.